The van der Waals surface area contributed by atoms with E-state index in [1.54, 1.807) is 0 Å². The van der Waals surface area contributed by atoms with E-state index in [1.165, 1.54) is 11.3 Å². The van der Waals surface area contributed by atoms with Gasteiger partial charge in [0.25, 0.3) is 0 Å². The summed E-state index contributed by atoms with van der Waals surface area (Å²) in [6.45, 7) is 0. The fraction of sp³-hybridized carbons (Fsp3) is 0.182. The summed E-state index contributed by atoms with van der Waals surface area (Å²) in [6, 6.07) is 16.9. The molecule has 2 aliphatic rings. The normalized spacial score (nSPS) is 14.8. The smallest absolute Gasteiger partial charge is 0.199 e. The van der Waals surface area contributed by atoms with E-state index in [4.69, 9.17) is 4.74 Å². The summed E-state index contributed by atoms with van der Waals surface area (Å²) >= 11 is 0. The van der Waals surface area contributed by atoms with Gasteiger partial charge in [-0.05, 0) is 84.0 Å². The van der Waals surface area contributed by atoms with Gasteiger partial charge in [-0.2, -0.15) is 0 Å². The van der Waals surface area contributed by atoms with Crippen molar-refractivity contribution in [1.82, 2.24) is 0 Å². The van der Waals surface area contributed by atoms with Gasteiger partial charge in [-0.15, -0.1) is 0 Å². The van der Waals surface area contributed by atoms with Crippen LogP contribution in [0.1, 0.15) is 11.1 Å². The topological polar surface area (TPSA) is 18.7 Å². The van der Waals surface area contributed by atoms with Gasteiger partial charge in [-0.3, -0.25) is 0 Å². The molecule has 0 radical (unpaired) electrons. The van der Waals surface area contributed by atoms with E-state index >= 15 is 0 Å². The van der Waals surface area contributed by atoms with Crippen LogP contribution in [0.5, 0.6) is 0 Å². The average Bonchev–Trinajstić information content (AvgIpc) is 2.91. The number of anilines is 2. The van der Waals surface area contributed by atoms with Crippen LogP contribution in [-0.4, -0.2) is 52.6 Å². The molecule has 2 aromatic carbocycles. The summed E-state index contributed by atoms with van der Waals surface area (Å²) in [7, 11) is 12.3. The SMILES string of the molecule is CN(C)c1ccc(C2=CC(=C/C=C/C=C3C=CC(=[N+](C)C)C=C3)C=C(c3ccc(N(C)C)cc3)O2)cc1. The number of benzene rings is 2. The van der Waals surface area contributed by atoms with E-state index in [2.05, 4.69) is 138 Å². The molecule has 0 saturated carbocycles. The van der Waals surface area contributed by atoms with Gasteiger partial charge >= 0.3 is 0 Å². The van der Waals surface area contributed by atoms with Gasteiger partial charge < -0.3 is 14.5 Å². The number of allylic oxidation sites excluding steroid dienone is 12. The van der Waals surface area contributed by atoms with Gasteiger partial charge in [0.2, 0.25) is 0 Å². The minimum atomic E-state index is 0.836. The highest BCUT2D eigenvalue weighted by Gasteiger charge is 2.15. The maximum atomic E-state index is 6.41. The van der Waals surface area contributed by atoms with Crippen LogP contribution in [0.4, 0.5) is 11.4 Å². The number of hydrogen-bond acceptors (Lipinski definition) is 3. The molecule has 0 unspecified atom stereocenters. The number of hydrogen-bond donors (Lipinski definition) is 0. The highest BCUT2D eigenvalue weighted by Crippen LogP contribution is 2.33. The summed E-state index contributed by atoms with van der Waals surface area (Å²) in [5, 5.41) is 0. The van der Waals surface area contributed by atoms with Crippen molar-refractivity contribution in [2.45, 2.75) is 0 Å². The van der Waals surface area contributed by atoms with Gasteiger partial charge in [-0.1, -0.05) is 24.3 Å². The molecule has 188 valence electrons. The molecule has 4 heteroatoms. The Bertz CT molecular complexity index is 1280. The molecular formula is C33H36N3O+. The molecule has 1 aliphatic heterocycles. The lowest BCUT2D eigenvalue weighted by Gasteiger charge is -2.20. The monoisotopic (exact) mass is 490 g/mol. The van der Waals surface area contributed by atoms with Crippen molar-refractivity contribution in [3.8, 4) is 0 Å². The Kier molecular flexibility index (Phi) is 8.09. The highest BCUT2D eigenvalue weighted by atomic mass is 16.5. The molecule has 0 atom stereocenters. The molecule has 4 rings (SSSR count). The van der Waals surface area contributed by atoms with E-state index < -0.39 is 0 Å². The molecule has 0 bridgehead atoms. The van der Waals surface area contributed by atoms with Crippen molar-refractivity contribution < 1.29 is 9.31 Å². The van der Waals surface area contributed by atoms with E-state index in [-0.39, 0.29) is 0 Å². The predicted octanol–water partition coefficient (Wildman–Crippen LogP) is 6.48. The first-order chi connectivity index (χ1) is 17.8. The molecule has 2 aromatic rings. The predicted molar refractivity (Wildman–Crippen MR) is 159 cm³/mol. The Morgan fingerprint density at radius 3 is 1.43 bits per heavy atom. The van der Waals surface area contributed by atoms with Crippen molar-refractivity contribution in [2.24, 2.45) is 0 Å². The van der Waals surface area contributed by atoms with Crippen LogP contribution in [0.15, 0.2) is 120 Å². The Morgan fingerprint density at radius 1 is 0.595 bits per heavy atom. The second-order valence-corrected chi connectivity index (χ2v) is 9.71. The lowest BCUT2D eigenvalue weighted by atomic mass is 10.0. The lowest BCUT2D eigenvalue weighted by molar-refractivity contribution is -0.462. The Hall–Kier alpha value is -4.31. The third-order valence-corrected chi connectivity index (χ3v) is 6.25. The van der Waals surface area contributed by atoms with Crippen molar-refractivity contribution in [2.75, 3.05) is 52.1 Å². The summed E-state index contributed by atoms with van der Waals surface area (Å²) in [6.07, 6.45) is 21.1. The highest BCUT2D eigenvalue weighted by molar-refractivity contribution is 6.02. The maximum absolute atomic E-state index is 6.41. The van der Waals surface area contributed by atoms with Crippen molar-refractivity contribution in [3.63, 3.8) is 0 Å². The molecule has 37 heavy (non-hydrogen) atoms. The Balaban J connectivity index is 1.62. The molecule has 0 spiro atoms. The molecule has 0 amide bonds. The standard InChI is InChI=1S/C33H36N3O/c1-34(2)29-17-11-25(12-18-29)9-7-8-10-26-23-32(27-13-19-30(20-14-27)35(3)4)37-33(24-26)28-15-21-31(22-16-28)36(5)6/h7-24H,1-6H3/q+1. The molecule has 1 aliphatic carbocycles. The number of ether oxygens (including phenoxy) is 1. The molecular weight excluding hydrogens is 454 g/mol. The molecule has 0 N–H and O–H groups in total. The van der Waals surface area contributed by atoms with Crippen LogP contribution in [0.3, 0.4) is 0 Å². The number of rotatable bonds is 6. The third-order valence-electron chi connectivity index (χ3n) is 6.25. The Labute approximate surface area is 221 Å². The molecule has 0 saturated heterocycles. The van der Waals surface area contributed by atoms with E-state index in [0.29, 0.717) is 0 Å². The third kappa shape index (κ3) is 6.68. The number of nitrogens with zero attached hydrogens (tertiary/aromatic N) is 3. The summed E-state index contributed by atoms with van der Waals surface area (Å²) < 4.78 is 8.52. The van der Waals surface area contributed by atoms with E-state index in [1.807, 2.05) is 28.2 Å². The van der Waals surface area contributed by atoms with Crippen molar-refractivity contribution in [1.29, 1.82) is 0 Å². The molecule has 0 fully saturated rings. The van der Waals surface area contributed by atoms with Crippen LogP contribution in [-0.2, 0) is 4.74 Å². The molecule has 0 aromatic heterocycles. The zero-order valence-corrected chi connectivity index (χ0v) is 22.6. The first kappa shape index (κ1) is 25.8. The van der Waals surface area contributed by atoms with Crippen LogP contribution < -0.4 is 9.80 Å². The van der Waals surface area contributed by atoms with Crippen molar-refractivity contribution in [3.05, 3.63) is 132 Å². The average molecular weight is 491 g/mol. The zero-order valence-electron chi connectivity index (χ0n) is 22.6. The zero-order chi connectivity index (χ0) is 26.4. The fourth-order valence-electron chi connectivity index (χ4n) is 3.97. The minimum absolute atomic E-state index is 0.836. The minimum Gasteiger partial charge on any atom is -0.456 e. The summed E-state index contributed by atoms with van der Waals surface area (Å²) in [5.41, 5.74) is 7.84. The second kappa shape index (κ2) is 11.6. The molecule has 1 heterocycles. The van der Waals surface area contributed by atoms with Gasteiger partial charge in [-0.25, -0.2) is 4.58 Å². The quantitative estimate of drug-likeness (QED) is 0.432. The molecule has 4 nitrogen and oxygen atoms in total. The van der Waals surface area contributed by atoms with Crippen LogP contribution in [0.25, 0.3) is 11.5 Å². The Morgan fingerprint density at radius 2 is 1.03 bits per heavy atom. The maximum Gasteiger partial charge on any atom is 0.199 e. The van der Waals surface area contributed by atoms with Gasteiger partial charge in [0.15, 0.2) is 5.71 Å². The lowest BCUT2D eigenvalue weighted by Crippen LogP contribution is -2.09. The largest absolute Gasteiger partial charge is 0.456 e. The first-order valence-electron chi connectivity index (χ1n) is 12.5. The van der Waals surface area contributed by atoms with Crippen LogP contribution in [0, 0.1) is 0 Å². The van der Waals surface area contributed by atoms with Gasteiger partial charge in [0.1, 0.15) is 25.6 Å². The van der Waals surface area contributed by atoms with Crippen LogP contribution >= 0.6 is 0 Å². The summed E-state index contributed by atoms with van der Waals surface area (Å²) in [4.78, 5) is 4.19. The fourth-order valence-corrected chi connectivity index (χ4v) is 3.97. The summed E-state index contributed by atoms with van der Waals surface area (Å²) in [5.74, 6) is 1.67. The van der Waals surface area contributed by atoms with E-state index in [9.17, 15) is 0 Å². The first-order valence-corrected chi connectivity index (χ1v) is 12.5. The second-order valence-electron chi connectivity index (χ2n) is 9.71. The van der Waals surface area contributed by atoms with Gasteiger partial charge in [0.05, 0.1) is 0 Å². The van der Waals surface area contributed by atoms with Gasteiger partial charge in [0, 0.05) is 62.8 Å². The van der Waals surface area contributed by atoms with Crippen LogP contribution in [0.2, 0.25) is 0 Å². The van der Waals surface area contributed by atoms with Crippen molar-refractivity contribution >= 4 is 28.6 Å². The van der Waals surface area contributed by atoms with E-state index in [0.717, 1.165) is 39.6 Å².